The number of aliphatic hydroxyl groups excluding tert-OH is 1. The number of nitrogens with one attached hydrogen (secondary N) is 1. The first-order valence-electron chi connectivity index (χ1n) is 7.81. The molecule has 0 aromatic carbocycles. The summed E-state index contributed by atoms with van der Waals surface area (Å²) < 4.78 is 0. The first kappa shape index (κ1) is 15.2. The summed E-state index contributed by atoms with van der Waals surface area (Å²) in [5.41, 5.74) is 0. The highest BCUT2D eigenvalue weighted by Crippen LogP contribution is 2.25. The SMILES string of the molecule is CCc1ccc(CNc2cc(N3CCC[C@@H]3CO)ncn2)s1. The Morgan fingerprint density at radius 1 is 1.36 bits per heavy atom. The van der Waals surface area contributed by atoms with E-state index < -0.39 is 0 Å². The van der Waals surface area contributed by atoms with Gasteiger partial charge in [-0.3, -0.25) is 0 Å². The van der Waals surface area contributed by atoms with E-state index in [0.29, 0.717) is 0 Å². The highest BCUT2D eigenvalue weighted by molar-refractivity contribution is 7.12. The third kappa shape index (κ3) is 3.39. The Morgan fingerprint density at radius 3 is 3.00 bits per heavy atom. The summed E-state index contributed by atoms with van der Waals surface area (Å²) in [6.07, 6.45) is 4.81. The van der Waals surface area contributed by atoms with E-state index in [4.69, 9.17) is 0 Å². The molecule has 0 amide bonds. The molecule has 0 unspecified atom stereocenters. The Morgan fingerprint density at radius 2 is 2.23 bits per heavy atom. The Labute approximate surface area is 135 Å². The zero-order valence-corrected chi connectivity index (χ0v) is 13.6. The monoisotopic (exact) mass is 318 g/mol. The lowest BCUT2D eigenvalue weighted by atomic mass is 10.2. The molecule has 5 nitrogen and oxygen atoms in total. The van der Waals surface area contributed by atoms with E-state index in [2.05, 4.69) is 39.2 Å². The maximum atomic E-state index is 9.45. The highest BCUT2D eigenvalue weighted by atomic mass is 32.1. The van der Waals surface area contributed by atoms with Crippen LogP contribution in [0.3, 0.4) is 0 Å². The zero-order chi connectivity index (χ0) is 15.4. The molecule has 2 aromatic heterocycles. The lowest BCUT2D eigenvalue weighted by Gasteiger charge is -2.24. The Bertz CT molecular complexity index is 616. The van der Waals surface area contributed by atoms with Crippen LogP contribution >= 0.6 is 11.3 Å². The van der Waals surface area contributed by atoms with E-state index in [0.717, 1.165) is 44.0 Å². The van der Waals surface area contributed by atoms with Crippen LogP contribution in [-0.4, -0.2) is 34.3 Å². The number of hydrogen-bond acceptors (Lipinski definition) is 6. The van der Waals surface area contributed by atoms with Crippen molar-refractivity contribution in [2.75, 3.05) is 23.4 Å². The molecule has 22 heavy (non-hydrogen) atoms. The third-order valence-corrected chi connectivity index (χ3v) is 5.27. The fourth-order valence-electron chi connectivity index (χ4n) is 2.81. The molecule has 0 radical (unpaired) electrons. The summed E-state index contributed by atoms with van der Waals surface area (Å²) in [7, 11) is 0. The molecular formula is C16H22N4OS. The first-order valence-corrected chi connectivity index (χ1v) is 8.62. The van der Waals surface area contributed by atoms with Gasteiger partial charge in [-0.25, -0.2) is 9.97 Å². The number of nitrogens with zero attached hydrogens (tertiary/aromatic N) is 3. The molecule has 1 fully saturated rings. The second-order valence-electron chi connectivity index (χ2n) is 5.51. The van der Waals surface area contributed by atoms with Crippen LogP contribution in [0, 0.1) is 0 Å². The predicted molar refractivity (Wildman–Crippen MR) is 90.5 cm³/mol. The number of hydrogen-bond donors (Lipinski definition) is 2. The molecule has 2 N–H and O–H groups in total. The quantitative estimate of drug-likeness (QED) is 0.857. The van der Waals surface area contributed by atoms with E-state index in [1.54, 1.807) is 6.33 Å². The summed E-state index contributed by atoms with van der Waals surface area (Å²) in [6, 6.07) is 6.51. The van der Waals surface area contributed by atoms with Gasteiger partial charge in [0.25, 0.3) is 0 Å². The molecular weight excluding hydrogens is 296 g/mol. The largest absolute Gasteiger partial charge is 0.394 e. The Balaban J connectivity index is 1.66. The molecule has 1 saturated heterocycles. The van der Waals surface area contributed by atoms with Gasteiger partial charge in [-0.2, -0.15) is 0 Å². The van der Waals surface area contributed by atoms with Gasteiger partial charge in [-0.1, -0.05) is 6.92 Å². The van der Waals surface area contributed by atoms with E-state index in [-0.39, 0.29) is 12.6 Å². The minimum absolute atomic E-state index is 0.182. The third-order valence-electron chi connectivity index (χ3n) is 4.04. The topological polar surface area (TPSA) is 61.3 Å². The number of rotatable bonds is 6. The number of aromatic nitrogens is 2. The summed E-state index contributed by atoms with van der Waals surface area (Å²) in [5.74, 6) is 1.73. The molecule has 1 aliphatic heterocycles. The molecule has 0 saturated carbocycles. The van der Waals surface area contributed by atoms with Crippen LogP contribution < -0.4 is 10.2 Å². The van der Waals surface area contributed by atoms with Crippen LogP contribution in [0.25, 0.3) is 0 Å². The summed E-state index contributed by atoms with van der Waals surface area (Å²) >= 11 is 1.84. The zero-order valence-electron chi connectivity index (χ0n) is 12.8. The standard InChI is InChI=1S/C16H22N4OS/c1-2-13-5-6-14(22-13)9-17-15-8-16(19-11-18-15)20-7-3-4-12(20)10-21/h5-6,8,11-12,21H,2-4,7,9-10H2,1H3,(H,17,18,19)/t12-/m1/s1. The molecule has 2 aromatic rings. The number of aliphatic hydroxyl groups is 1. The van der Waals surface area contributed by atoms with Crippen molar-refractivity contribution >= 4 is 23.0 Å². The van der Waals surface area contributed by atoms with Crippen molar-refractivity contribution in [2.24, 2.45) is 0 Å². The number of thiophene rings is 1. The van der Waals surface area contributed by atoms with Crippen molar-refractivity contribution in [3.05, 3.63) is 34.3 Å². The van der Waals surface area contributed by atoms with Crippen molar-refractivity contribution in [3.63, 3.8) is 0 Å². The smallest absolute Gasteiger partial charge is 0.134 e. The summed E-state index contributed by atoms with van der Waals surface area (Å²) in [5, 5.41) is 12.8. The van der Waals surface area contributed by atoms with Crippen LogP contribution in [0.2, 0.25) is 0 Å². The van der Waals surface area contributed by atoms with Crippen molar-refractivity contribution in [3.8, 4) is 0 Å². The minimum atomic E-state index is 0.182. The van der Waals surface area contributed by atoms with E-state index in [9.17, 15) is 5.11 Å². The van der Waals surface area contributed by atoms with E-state index in [1.165, 1.54) is 9.75 Å². The molecule has 0 bridgehead atoms. The molecule has 3 heterocycles. The second kappa shape index (κ2) is 7.07. The Kier molecular flexibility index (Phi) is 4.90. The first-order chi connectivity index (χ1) is 10.8. The lowest BCUT2D eigenvalue weighted by molar-refractivity contribution is 0.266. The minimum Gasteiger partial charge on any atom is -0.394 e. The van der Waals surface area contributed by atoms with Gasteiger partial charge in [0.1, 0.15) is 18.0 Å². The highest BCUT2D eigenvalue weighted by Gasteiger charge is 2.25. The van der Waals surface area contributed by atoms with Crippen LogP contribution in [0.5, 0.6) is 0 Å². The van der Waals surface area contributed by atoms with Gasteiger partial charge in [0.2, 0.25) is 0 Å². The lowest BCUT2D eigenvalue weighted by Crippen LogP contribution is -2.32. The fourth-order valence-corrected chi connectivity index (χ4v) is 3.71. The van der Waals surface area contributed by atoms with Gasteiger partial charge in [0.05, 0.1) is 19.2 Å². The molecule has 0 spiro atoms. The van der Waals surface area contributed by atoms with Gasteiger partial charge in [0, 0.05) is 22.4 Å². The average molecular weight is 318 g/mol. The average Bonchev–Trinajstić information content (AvgIpc) is 3.22. The van der Waals surface area contributed by atoms with Crippen molar-refractivity contribution in [1.82, 2.24) is 9.97 Å². The molecule has 6 heteroatoms. The molecule has 1 aliphatic rings. The van der Waals surface area contributed by atoms with Crippen LogP contribution in [-0.2, 0) is 13.0 Å². The Hall–Kier alpha value is -1.66. The normalized spacial score (nSPS) is 17.9. The van der Waals surface area contributed by atoms with Crippen LogP contribution in [0.4, 0.5) is 11.6 Å². The van der Waals surface area contributed by atoms with Crippen LogP contribution in [0.15, 0.2) is 24.5 Å². The van der Waals surface area contributed by atoms with Crippen molar-refractivity contribution in [2.45, 2.75) is 38.8 Å². The number of anilines is 2. The van der Waals surface area contributed by atoms with Gasteiger partial charge in [0.15, 0.2) is 0 Å². The fraction of sp³-hybridized carbons (Fsp3) is 0.500. The van der Waals surface area contributed by atoms with Gasteiger partial charge in [-0.05, 0) is 31.4 Å². The summed E-state index contributed by atoms with van der Waals surface area (Å²) in [6.45, 7) is 4.09. The van der Waals surface area contributed by atoms with Gasteiger partial charge >= 0.3 is 0 Å². The molecule has 1 atom stereocenters. The molecule has 0 aliphatic carbocycles. The second-order valence-corrected chi connectivity index (χ2v) is 6.76. The van der Waals surface area contributed by atoms with Gasteiger partial charge < -0.3 is 15.3 Å². The number of aryl methyl sites for hydroxylation is 1. The van der Waals surface area contributed by atoms with Gasteiger partial charge in [-0.15, -0.1) is 11.3 Å². The van der Waals surface area contributed by atoms with Crippen LogP contribution in [0.1, 0.15) is 29.5 Å². The molecule has 3 rings (SSSR count). The van der Waals surface area contributed by atoms with Crippen molar-refractivity contribution in [1.29, 1.82) is 0 Å². The predicted octanol–water partition coefficient (Wildman–Crippen LogP) is 2.67. The maximum Gasteiger partial charge on any atom is 0.134 e. The maximum absolute atomic E-state index is 9.45. The van der Waals surface area contributed by atoms with E-state index in [1.807, 2.05) is 17.4 Å². The summed E-state index contributed by atoms with van der Waals surface area (Å²) in [4.78, 5) is 13.5. The van der Waals surface area contributed by atoms with E-state index >= 15 is 0 Å². The molecule has 118 valence electrons. The van der Waals surface area contributed by atoms with Crippen molar-refractivity contribution < 1.29 is 5.11 Å².